The van der Waals surface area contributed by atoms with Gasteiger partial charge in [-0.3, -0.25) is 9.59 Å². The Hall–Kier alpha value is -2.09. The number of piperidine rings is 1. The maximum absolute atomic E-state index is 13.7. The summed E-state index contributed by atoms with van der Waals surface area (Å²) >= 11 is 0. The minimum atomic E-state index is -0.957. The van der Waals surface area contributed by atoms with Gasteiger partial charge in [-0.05, 0) is 57.2 Å². The molecule has 0 spiro atoms. The van der Waals surface area contributed by atoms with Crippen LogP contribution in [0.25, 0.3) is 0 Å². The van der Waals surface area contributed by atoms with E-state index in [1.54, 1.807) is 12.1 Å². The summed E-state index contributed by atoms with van der Waals surface area (Å²) in [5.74, 6) is -2.46. The number of carbonyl (C=O) groups is 2. The Bertz CT molecular complexity index is 844. The second-order valence-corrected chi connectivity index (χ2v) is 6.43. The molecule has 1 amide bonds. The van der Waals surface area contributed by atoms with Gasteiger partial charge in [-0.1, -0.05) is 6.07 Å². The first-order valence-electron chi connectivity index (χ1n) is 8.40. The summed E-state index contributed by atoms with van der Waals surface area (Å²) in [4.78, 5) is 31.1. The standard InChI is InChI=1S/C19H19F2N3O2.2ClH/c1-24-9-7-12(8-10-24)18(25)16-3-2-4-17(22-16)23-19(26)14-6-5-13(20)11-15(14)21;;/h2-6,11-12H,7-10H2,1H3,(H,22,23,26);2*1H. The highest BCUT2D eigenvalue weighted by atomic mass is 35.5. The Balaban J connectivity index is 0.00000196. The third kappa shape index (κ3) is 5.70. The van der Waals surface area contributed by atoms with E-state index < -0.39 is 17.5 Å². The Morgan fingerprint density at radius 2 is 1.79 bits per heavy atom. The second kappa shape index (κ2) is 10.5. The summed E-state index contributed by atoms with van der Waals surface area (Å²) in [6, 6.07) is 7.45. The van der Waals surface area contributed by atoms with Crippen LogP contribution in [-0.4, -0.2) is 41.7 Å². The average molecular weight is 432 g/mol. The van der Waals surface area contributed by atoms with Crippen LogP contribution in [0.5, 0.6) is 0 Å². The number of nitrogens with one attached hydrogen (secondary N) is 1. The number of likely N-dealkylation sites (tertiary alicyclic amines) is 1. The zero-order chi connectivity index (χ0) is 18.7. The van der Waals surface area contributed by atoms with Crippen molar-refractivity contribution in [2.75, 3.05) is 25.5 Å². The number of carbonyl (C=O) groups excluding carboxylic acids is 2. The molecule has 1 aromatic heterocycles. The van der Waals surface area contributed by atoms with Gasteiger partial charge in [0.15, 0.2) is 5.78 Å². The van der Waals surface area contributed by atoms with Gasteiger partial charge in [0, 0.05) is 12.0 Å². The molecular weight excluding hydrogens is 411 g/mol. The molecule has 0 aliphatic carbocycles. The summed E-state index contributed by atoms with van der Waals surface area (Å²) in [7, 11) is 2.02. The van der Waals surface area contributed by atoms with Gasteiger partial charge in [0.25, 0.3) is 5.91 Å². The lowest BCUT2D eigenvalue weighted by molar-refractivity contribution is 0.0851. The molecule has 2 heterocycles. The smallest absolute Gasteiger partial charge is 0.259 e. The zero-order valence-electron chi connectivity index (χ0n) is 15.2. The highest BCUT2D eigenvalue weighted by Crippen LogP contribution is 2.21. The van der Waals surface area contributed by atoms with Crippen molar-refractivity contribution in [3.05, 3.63) is 59.3 Å². The van der Waals surface area contributed by atoms with Crippen molar-refractivity contribution in [1.29, 1.82) is 0 Å². The number of Topliss-reactive ketones (excluding diaryl/α,β-unsaturated/α-hetero) is 1. The molecule has 5 nitrogen and oxygen atoms in total. The average Bonchev–Trinajstić information content (AvgIpc) is 2.62. The number of pyridine rings is 1. The van der Waals surface area contributed by atoms with Gasteiger partial charge in [-0.15, -0.1) is 24.8 Å². The molecule has 152 valence electrons. The first-order chi connectivity index (χ1) is 12.4. The predicted molar refractivity (Wildman–Crippen MR) is 108 cm³/mol. The van der Waals surface area contributed by atoms with E-state index in [4.69, 9.17) is 0 Å². The normalized spacial score (nSPS) is 14.5. The zero-order valence-corrected chi connectivity index (χ0v) is 16.8. The second-order valence-electron chi connectivity index (χ2n) is 6.43. The number of aromatic nitrogens is 1. The lowest BCUT2D eigenvalue weighted by atomic mass is 9.91. The number of nitrogens with zero attached hydrogens (tertiary/aromatic N) is 2. The van der Waals surface area contributed by atoms with Gasteiger partial charge in [0.05, 0.1) is 5.56 Å². The van der Waals surface area contributed by atoms with Crippen LogP contribution in [0.4, 0.5) is 14.6 Å². The van der Waals surface area contributed by atoms with Crippen molar-refractivity contribution in [3.8, 4) is 0 Å². The Morgan fingerprint density at radius 1 is 1.11 bits per heavy atom. The van der Waals surface area contributed by atoms with E-state index in [0.717, 1.165) is 38.1 Å². The molecule has 1 saturated heterocycles. The van der Waals surface area contributed by atoms with Gasteiger partial charge in [-0.2, -0.15) is 0 Å². The summed E-state index contributed by atoms with van der Waals surface area (Å²) in [5.41, 5.74) is -0.0165. The van der Waals surface area contributed by atoms with Crippen LogP contribution < -0.4 is 5.32 Å². The summed E-state index contributed by atoms with van der Waals surface area (Å²) in [6.07, 6.45) is 1.54. The van der Waals surface area contributed by atoms with E-state index in [-0.39, 0.29) is 53.6 Å². The van der Waals surface area contributed by atoms with Crippen molar-refractivity contribution < 1.29 is 18.4 Å². The Kier molecular flexibility index (Phi) is 8.94. The van der Waals surface area contributed by atoms with E-state index in [2.05, 4.69) is 15.2 Å². The van der Waals surface area contributed by atoms with Crippen LogP contribution in [0.2, 0.25) is 0 Å². The fourth-order valence-electron chi connectivity index (χ4n) is 2.98. The fourth-order valence-corrected chi connectivity index (χ4v) is 2.98. The molecule has 1 N–H and O–H groups in total. The van der Waals surface area contributed by atoms with Crippen LogP contribution in [0.3, 0.4) is 0 Å². The maximum atomic E-state index is 13.7. The molecular formula is C19H21Cl2F2N3O2. The quantitative estimate of drug-likeness (QED) is 0.743. The lowest BCUT2D eigenvalue weighted by Gasteiger charge is -2.27. The van der Waals surface area contributed by atoms with Crippen molar-refractivity contribution >= 4 is 42.3 Å². The first-order valence-corrected chi connectivity index (χ1v) is 8.40. The van der Waals surface area contributed by atoms with Gasteiger partial charge in [-0.25, -0.2) is 13.8 Å². The predicted octanol–water partition coefficient (Wildman–Crippen LogP) is 3.98. The molecule has 0 atom stereocenters. The summed E-state index contributed by atoms with van der Waals surface area (Å²) in [5, 5.41) is 2.45. The number of hydrogen-bond acceptors (Lipinski definition) is 4. The Labute approximate surface area is 174 Å². The molecule has 28 heavy (non-hydrogen) atoms. The number of halogens is 4. The van der Waals surface area contributed by atoms with Crippen molar-refractivity contribution in [3.63, 3.8) is 0 Å². The Morgan fingerprint density at radius 3 is 2.43 bits per heavy atom. The fraction of sp³-hybridized carbons (Fsp3) is 0.316. The molecule has 1 aliphatic rings. The van der Waals surface area contributed by atoms with Gasteiger partial charge >= 0.3 is 0 Å². The summed E-state index contributed by atoms with van der Waals surface area (Å²) in [6.45, 7) is 1.72. The third-order valence-electron chi connectivity index (χ3n) is 4.51. The van der Waals surface area contributed by atoms with Gasteiger partial charge in [0.2, 0.25) is 0 Å². The molecule has 3 rings (SSSR count). The van der Waals surface area contributed by atoms with E-state index in [9.17, 15) is 18.4 Å². The number of amides is 1. The molecule has 1 aliphatic heterocycles. The van der Waals surface area contributed by atoms with Crippen LogP contribution in [0.15, 0.2) is 36.4 Å². The minimum Gasteiger partial charge on any atom is -0.306 e. The van der Waals surface area contributed by atoms with Crippen molar-refractivity contribution in [2.45, 2.75) is 12.8 Å². The molecule has 9 heteroatoms. The largest absolute Gasteiger partial charge is 0.306 e. The highest BCUT2D eigenvalue weighted by molar-refractivity contribution is 6.04. The SMILES string of the molecule is CN1CCC(C(=O)c2cccc(NC(=O)c3ccc(F)cc3F)n2)CC1.Cl.Cl. The molecule has 1 fully saturated rings. The number of ketones is 1. The highest BCUT2D eigenvalue weighted by Gasteiger charge is 2.25. The number of rotatable bonds is 4. The number of hydrogen-bond donors (Lipinski definition) is 1. The molecule has 0 saturated carbocycles. The van der Waals surface area contributed by atoms with E-state index in [0.29, 0.717) is 6.07 Å². The van der Waals surface area contributed by atoms with E-state index in [1.807, 2.05) is 7.05 Å². The van der Waals surface area contributed by atoms with Gasteiger partial charge < -0.3 is 10.2 Å². The monoisotopic (exact) mass is 431 g/mol. The van der Waals surface area contributed by atoms with E-state index in [1.165, 1.54) is 6.07 Å². The molecule has 1 aromatic carbocycles. The van der Waals surface area contributed by atoms with Crippen molar-refractivity contribution in [2.24, 2.45) is 5.92 Å². The van der Waals surface area contributed by atoms with Crippen LogP contribution >= 0.6 is 24.8 Å². The summed E-state index contributed by atoms with van der Waals surface area (Å²) < 4.78 is 26.7. The lowest BCUT2D eigenvalue weighted by Crippen LogP contribution is -2.33. The van der Waals surface area contributed by atoms with Gasteiger partial charge in [0.1, 0.15) is 23.1 Å². The minimum absolute atomic E-state index is 0. The molecule has 0 unspecified atom stereocenters. The topological polar surface area (TPSA) is 62.3 Å². The number of benzene rings is 1. The van der Waals surface area contributed by atoms with Crippen LogP contribution in [0, 0.1) is 17.6 Å². The molecule has 0 radical (unpaired) electrons. The van der Waals surface area contributed by atoms with Crippen LogP contribution in [-0.2, 0) is 0 Å². The van der Waals surface area contributed by atoms with Crippen molar-refractivity contribution in [1.82, 2.24) is 9.88 Å². The molecule has 0 bridgehead atoms. The first kappa shape index (κ1) is 23.9. The third-order valence-corrected chi connectivity index (χ3v) is 4.51. The molecule has 2 aromatic rings. The number of anilines is 1. The maximum Gasteiger partial charge on any atom is 0.259 e. The van der Waals surface area contributed by atoms with Crippen LogP contribution in [0.1, 0.15) is 33.7 Å². The van der Waals surface area contributed by atoms with E-state index >= 15 is 0 Å².